The van der Waals surface area contributed by atoms with Crippen LogP contribution in [0.15, 0.2) is 42.5 Å². The number of nitrogens with zero attached hydrogens (tertiary/aromatic N) is 2. The van der Waals surface area contributed by atoms with Gasteiger partial charge < -0.3 is 20.9 Å². The van der Waals surface area contributed by atoms with Gasteiger partial charge in [-0.3, -0.25) is 4.79 Å². The van der Waals surface area contributed by atoms with Crippen LogP contribution in [0.4, 0.5) is 5.82 Å². The van der Waals surface area contributed by atoms with Gasteiger partial charge in [-0.25, -0.2) is 4.98 Å². The van der Waals surface area contributed by atoms with Crippen molar-refractivity contribution in [3.63, 3.8) is 0 Å². The number of nitrogens with two attached hydrogens (primary N) is 1. The van der Waals surface area contributed by atoms with E-state index in [0.717, 1.165) is 16.5 Å². The van der Waals surface area contributed by atoms with E-state index < -0.39 is 12.0 Å². The first kappa shape index (κ1) is 22.3. The van der Waals surface area contributed by atoms with Crippen LogP contribution in [-0.4, -0.2) is 35.8 Å². The number of carboxylic acids is 1. The average molecular weight is 439 g/mol. The molecule has 8 heteroatoms. The van der Waals surface area contributed by atoms with Gasteiger partial charge in [-0.1, -0.05) is 23.7 Å². The summed E-state index contributed by atoms with van der Waals surface area (Å²) in [5.41, 5.74) is 8.19. The van der Waals surface area contributed by atoms with E-state index in [-0.39, 0.29) is 0 Å². The molecule has 160 valence electrons. The Balaban J connectivity index is 1.97. The Morgan fingerprint density at radius 2 is 2.13 bits per heavy atom. The molecular weight excluding hydrogens is 416 g/mol. The first-order chi connectivity index (χ1) is 14.9. The zero-order chi connectivity index (χ0) is 22.4. The molecule has 1 atom stereocenters. The Hall–Kier alpha value is -3.34. The molecule has 0 bridgehead atoms. The Morgan fingerprint density at radius 1 is 1.32 bits per heavy atom. The lowest BCUT2D eigenvalue weighted by molar-refractivity contribution is -0.138. The average Bonchev–Trinajstić information content (AvgIpc) is 2.77. The number of rotatable bonds is 9. The van der Waals surface area contributed by atoms with Crippen molar-refractivity contribution in [1.82, 2.24) is 4.98 Å². The summed E-state index contributed by atoms with van der Waals surface area (Å²) >= 11 is 6.22. The van der Waals surface area contributed by atoms with Crippen LogP contribution in [0, 0.1) is 11.3 Å². The van der Waals surface area contributed by atoms with E-state index in [1.807, 2.05) is 36.4 Å². The summed E-state index contributed by atoms with van der Waals surface area (Å²) in [5.74, 6) is 0.132. The molecule has 1 heterocycles. The summed E-state index contributed by atoms with van der Waals surface area (Å²) in [4.78, 5) is 15.5. The fourth-order valence-electron chi connectivity index (χ4n) is 3.37. The van der Waals surface area contributed by atoms with E-state index in [9.17, 15) is 10.1 Å². The van der Waals surface area contributed by atoms with E-state index in [0.29, 0.717) is 53.5 Å². The number of anilines is 1. The van der Waals surface area contributed by atoms with Crippen molar-refractivity contribution in [1.29, 1.82) is 5.26 Å². The largest absolute Gasteiger partial charge is 0.497 e. The molecule has 3 aromatic rings. The third-order valence-corrected chi connectivity index (χ3v) is 5.20. The molecule has 0 aliphatic carbocycles. The number of nitrogens with one attached hydrogen (secondary N) is 1. The van der Waals surface area contributed by atoms with Gasteiger partial charge in [0.1, 0.15) is 29.2 Å². The van der Waals surface area contributed by atoms with Crippen LogP contribution < -0.4 is 15.8 Å². The summed E-state index contributed by atoms with van der Waals surface area (Å²) in [6.07, 6.45) is 1.73. The maximum atomic E-state index is 10.8. The smallest absolute Gasteiger partial charge is 0.320 e. The fourth-order valence-corrected chi connectivity index (χ4v) is 3.56. The Kier molecular flexibility index (Phi) is 7.29. The van der Waals surface area contributed by atoms with Crippen molar-refractivity contribution in [2.45, 2.75) is 25.3 Å². The molecule has 0 aliphatic rings. The quantitative estimate of drug-likeness (QED) is 0.422. The molecule has 0 spiro atoms. The van der Waals surface area contributed by atoms with Gasteiger partial charge in [0.25, 0.3) is 0 Å². The van der Waals surface area contributed by atoms with Gasteiger partial charge in [0.2, 0.25) is 0 Å². The molecule has 3 rings (SSSR count). The van der Waals surface area contributed by atoms with Gasteiger partial charge in [-0.15, -0.1) is 0 Å². The number of ether oxygens (including phenoxy) is 1. The zero-order valence-corrected chi connectivity index (χ0v) is 17.8. The number of methoxy groups -OCH3 is 1. The van der Waals surface area contributed by atoms with E-state index in [1.165, 1.54) is 0 Å². The van der Waals surface area contributed by atoms with Crippen LogP contribution in [0.3, 0.4) is 0 Å². The summed E-state index contributed by atoms with van der Waals surface area (Å²) in [5, 5.41) is 23.4. The van der Waals surface area contributed by atoms with Crippen LogP contribution >= 0.6 is 11.6 Å². The number of aliphatic carboxylic acids is 1. The van der Waals surface area contributed by atoms with Gasteiger partial charge >= 0.3 is 5.97 Å². The number of pyridine rings is 1. The molecular formula is C23H23ClN4O3. The summed E-state index contributed by atoms with van der Waals surface area (Å²) in [7, 11) is 1.59. The lowest BCUT2D eigenvalue weighted by atomic mass is 9.96. The van der Waals surface area contributed by atoms with Crippen molar-refractivity contribution in [3.8, 4) is 22.9 Å². The monoisotopic (exact) mass is 438 g/mol. The molecule has 4 N–H and O–H groups in total. The minimum atomic E-state index is -1.00. The normalized spacial score (nSPS) is 11.7. The van der Waals surface area contributed by atoms with Crippen molar-refractivity contribution in [2.75, 3.05) is 19.0 Å². The molecule has 0 amide bonds. The van der Waals surface area contributed by atoms with Crippen LogP contribution in [-0.2, 0) is 4.79 Å². The SMILES string of the molecule is COc1ccc2nc(NCCCC[C@H](N)C(=O)O)c(C#N)c(-c3cccc(Cl)c3)c2c1. The predicted octanol–water partition coefficient (Wildman–Crippen LogP) is 4.43. The van der Waals surface area contributed by atoms with Crippen LogP contribution in [0.1, 0.15) is 24.8 Å². The highest BCUT2D eigenvalue weighted by atomic mass is 35.5. The number of nitriles is 1. The second-order valence-electron chi connectivity index (χ2n) is 7.08. The van der Waals surface area contributed by atoms with Crippen molar-refractivity contribution >= 4 is 34.3 Å². The molecule has 0 fully saturated rings. The van der Waals surface area contributed by atoms with Crippen molar-refractivity contribution in [3.05, 3.63) is 53.1 Å². The maximum absolute atomic E-state index is 10.8. The molecule has 0 radical (unpaired) electrons. The Morgan fingerprint density at radius 3 is 2.81 bits per heavy atom. The van der Waals surface area contributed by atoms with Gasteiger partial charge in [0.05, 0.1) is 12.6 Å². The minimum Gasteiger partial charge on any atom is -0.497 e. The molecule has 0 saturated heterocycles. The Labute approximate surface area is 185 Å². The number of unbranched alkanes of at least 4 members (excludes halogenated alkanes) is 1. The van der Waals surface area contributed by atoms with Crippen LogP contribution in [0.2, 0.25) is 5.02 Å². The van der Waals surface area contributed by atoms with Gasteiger partial charge in [0.15, 0.2) is 0 Å². The fraction of sp³-hybridized carbons (Fsp3) is 0.261. The number of hydrogen-bond acceptors (Lipinski definition) is 6. The molecule has 7 nitrogen and oxygen atoms in total. The second-order valence-corrected chi connectivity index (χ2v) is 7.52. The number of aromatic nitrogens is 1. The lowest BCUT2D eigenvalue weighted by Crippen LogP contribution is -2.29. The maximum Gasteiger partial charge on any atom is 0.320 e. The topological polar surface area (TPSA) is 121 Å². The van der Waals surface area contributed by atoms with Crippen molar-refractivity contribution in [2.24, 2.45) is 5.73 Å². The summed E-state index contributed by atoms with van der Waals surface area (Å²) < 4.78 is 5.36. The van der Waals surface area contributed by atoms with Crippen LogP contribution in [0.25, 0.3) is 22.0 Å². The van der Waals surface area contributed by atoms with Gasteiger partial charge in [-0.2, -0.15) is 5.26 Å². The first-order valence-corrected chi connectivity index (χ1v) is 10.2. The second kappa shape index (κ2) is 10.1. The molecule has 2 aromatic carbocycles. The zero-order valence-electron chi connectivity index (χ0n) is 17.1. The number of hydrogen-bond donors (Lipinski definition) is 3. The van der Waals surface area contributed by atoms with Crippen molar-refractivity contribution < 1.29 is 14.6 Å². The highest BCUT2D eigenvalue weighted by molar-refractivity contribution is 6.31. The minimum absolute atomic E-state index is 0.390. The molecule has 1 aromatic heterocycles. The van der Waals surface area contributed by atoms with E-state index in [1.54, 1.807) is 13.2 Å². The number of carbonyl (C=O) groups is 1. The summed E-state index contributed by atoms with van der Waals surface area (Å²) in [6.45, 7) is 0.532. The highest BCUT2D eigenvalue weighted by Gasteiger charge is 2.18. The number of carboxylic acid groups (broad SMARTS) is 1. The molecule has 0 saturated carbocycles. The van der Waals surface area contributed by atoms with Gasteiger partial charge in [0, 0.05) is 22.5 Å². The standard InChI is InChI=1S/C23H23ClN4O3/c1-31-16-8-9-20-17(12-16)21(14-5-4-6-15(24)11-14)18(13-25)22(28-20)27-10-3-2-7-19(26)23(29)30/h4-6,8-9,11-12,19H,2-3,7,10,26H2,1H3,(H,27,28)(H,29,30)/t19-/m0/s1. The lowest BCUT2D eigenvalue weighted by Gasteiger charge is -2.15. The summed E-state index contributed by atoms with van der Waals surface area (Å²) in [6, 6.07) is 14.3. The number of benzene rings is 2. The molecule has 0 aliphatic heterocycles. The molecule has 0 unspecified atom stereocenters. The van der Waals surface area contributed by atoms with E-state index in [2.05, 4.69) is 16.4 Å². The third-order valence-electron chi connectivity index (χ3n) is 4.97. The number of halogens is 1. The highest BCUT2D eigenvalue weighted by Crippen LogP contribution is 2.37. The molecule has 31 heavy (non-hydrogen) atoms. The number of fused-ring (bicyclic) bond motifs is 1. The van der Waals surface area contributed by atoms with E-state index in [4.69, 9.17) is 27.2 Å². The van der Waals surface area contributed by atoms with Crippen LogP contribution in [0.5, 0.6) is 5.75 Å². The predicted molar refractivity (Wildman–Crippen MR) is 121 cm³/mol. The Bertz CT molecular complexity index is 1140. The third kappa shape index (κ3) is 5.23. The van der Waals surface area contributed by atoms with E-state index >= 15 is 0 Å². The first-order valence-electron chi connectivity index (χ1n) is 9.84. The van der Waals surface area contributed by atoms with Gasteiger partial charge in [-0.05, 0) is 55.2 Å².